The molecular formula is C15H24N2O3S. The van der Waals surface area contributed by atoms with Gasteiger partial charge in [-0.05, 0) is 25.3 Å². The highest BCUT2D eigenvalue weighted by atomic mass is 32.2. The van der Waals surface area contributed by atoms with Crippen LogP contribution in [0.15, 0.2) is 30.3 Å². The SMILES string of the molecule is CC1CN(S(=O)(=O)NCC(C)c2ccccc2)CC(C)O1. The van der Waals surface area contributed by atoms with Crippen LogP contribution in [-0.4, -0.2) is 44.6 Å². The minimum Gasteiger partial charge on any atom is -0.373 e. The number of nitrogens with zero attached hydrogens (tertiary/aromatic N) is 1. The van der Waals surface area contributed by atoms with E-state index in [4.69, 9.17) is 4.74 Å². The van der Waals surface area contributed by atoms with Crippen molar-refractivity contribution in [1.29, 1.82) is 0 Å². The second kappa shape index (κ2) is 6.87. The monoisotopic (exact) mass is 312 g/mol. The van der Waals surface area contributed by atoms with Crippen LogP contribution in [-0.2, 0) is 14.9 Å². The molecule has 1 aliphatic rings. The molecule has 1 N–H and O–H groups in total. The van der Waals surface area contributed by atoms with Crippen LogP contribution < -0.4 is 4.72 Å². The average molecular weight is 312 g/mol. The van der Waals surface area contributed by atoms with Crippen molar-refractivity contribution in [1.82, 2.24) is 9.03 Å². The van der Waals surface area contributed by atoms with Crippen LogP contribution in [0.5, 0.6) is 0 Å². The van der Waals surface area contributed by atoms with E-state index < -0.39 is 10.2 Å². The third-order valence-corrected chi connectivity index (χ3v) is 5.18. The molecule has 2 rings (SSSR count). The van der Waals surface area contributed by atoms with Gasteiger partial charge in [0.2, 0.25) is 0 Å². The molecule has 118 valence electrons. The number of hydrogen-bond acceptors (Lipinski definition) is 3. The Morgan fingerprint density at radius 1 is 1.24 bits per heavy atom. The van der Waals surface area contributed by atoms with E-state index >= 15 is 0 Å². The molecule has 1 heterocycles. The molecular weight excluding hydrogens is 288 g/mol. The van der Waals surface area contributed by atoms with Crippen LogP contribution >= 0.6 is 0 Å². The van der Waals surface area contributed by atoms with Crippen molar-refractivity contribution < 1.29 is 13.2 Å². The van der Waals surface area contributed by atoms with Crippen molar-refractivity contribution in [2.24, 2.45) is 0 Å². The lowest BCUT2D eigenvalue weighted by Gasteiger charge is -2.34. The van der Waals surface area contributed by atoms with Gasteiger partial charge < -0.3 is 4.74 Å². The molecule has 1 aromatic rings. The van der Waals surface area contributed by atoms with Crippen molar-refractivity contribution in [3.05, 3.63) is 35.9 Å². The Bertz CT molecular complexity index is 537. The summed E-state index contributed by atoms with van der Waals surface area (Å²) in [5, 5.41) is 0. The molecule has 5 nitrogen and oxygen atoms in total. The molecule has 0 aromatic heterocycles. The van der Waals surface area contributed by atoms with E-state index in [0.29, 0.717) is 19.6 Å². The Morgan fingerprint density at radius 2 is 1.81 bits per heavy atom. The number of morpholine rings is 1. The average Bonchev–Trinajstić information content (AvgIpc) is 2.45. The van der Waals surface area contributed by atoms with Crippen molar-refractivity contribution >= 4 is 10.2 Å². The largest absolute Gasteiger partial charge is 0.373 e. The summed E-state index contributed by atoms with van der Waals surface area (Å²) in [6, 6.07) is 9.91. The van der Waals surface area contributed by atoms with Crippen LogP contribution in [0.1, 0.15) is 32.3 Å². The molecule has 1 aliphatic heterocycles. The zero-order valence-electron chi connectivity index (χ0n) is 12.8. The first-order valence-electron chi connectivity index (χ1n) is 7.33. The van der Waals surface area contributed by atoms with Gasteiger partial charge in [0.05, 0.1) is 12.2 Å². The van der Waals surface area contributed by atoms with Gasteiger partial charge in [0.1, 0.15) is 0 Å². The molecule has 21 heavy (non-hydrogen) atoms. The minimum atomic E-state index is -3.45. The fraction of sp³-hybridized carbons (Fsp3) is 0.600. The van der Waals surface area contributed by atoms with Crippen molar-refractivity contribution in [3.63, 3.8) is 0 Å². The zero-order valence-corrected chi connectivity index (χ0v) is 13.6. The van der Waals surface area contributed by atoms with E-state index in [1.54, 1.807) is 0 Å². The molecule has 1 fully saturated rings. The summed E-state index contributed by atoms with van der Waals surface area (Å²) >= 11 is 0. The summed E-state index contributed by atoms with van der Waals surface area (Å²) in [5.41, 5.74) is 1.13. The van der Waals surface area contributed by atoms with Crippen LogP contribution in [0, 0.1) is 0 Å². The molecule has 3 unspecified atom stereocenters. The predicted molar refractivity (Wildman–Crippen MR) is 83.4 cm³/mol. The molecule has 1 aromatic carbocycles. The molecule has 0 bridgehead atoms. The lowest BCUT2D eigenvalue weighted by molar-refractivity contribution is -0.0443. The van der Waals surface area contributed by atoms with Crippen LogP contribution in [0.3, 0.4) is 0 Å². The smallest absolute Gasteiger partial charge is 0.279 e. The molecule has 6 heteroatoms. The van der Waals surface area contributed by atoms with Gasteiger partial charge in [-0.15, -0.1) is 0 Å². The maximum Gasteiger partial charge on any atom is 0.279 e. The molecule has 0 aliphatic carbocycles. The number of benzene rings is 1. The summed E-state index contributed by atoms with van der Waals surface area (Å²) in [5.74, 6) is 0.136. The second-order valence-corrected chi connectivity index (χ2v) is 7.49. The van der Waals surface area contributed by atoms with Gasteiger partial charge in [0.15, 0.2) is 0 Å². The third kappa shape index (κ3) is 4.51. The van der Waals surface area contributed by atoms with Gasteiger partial charge in [-0.25, -0.2) is 4.72 Å². The van der Waals surface area contributed by atoms with E-state index in [0.717, 1.165) is 5.56 Å². The highest BCUT2D eigenvalue weighted by Crippen LogP contribution is 2.16. The minimum absolute atomic E-state index is 0.0723. The van der Waals surface area contributed by atoms with Gasteiger partial charge in [0, 0.05) is 19.6 Å². The predicted octanol–water partition coefficient (Wildman–Crippen LogP) is 1.73. The van der Waals surface area contributed by atoms with Crippen LogP contribution in [0.2, 0.25) is 0 Å². The third-order valence-electron chi connectivity index (χ3n) is 3.67. The molecule has 0 amide bonds. The van der Waals surface area contributed by atoms with E-state index in [9.17, 15) is 8.42 Å². The first-order valence-corrected chi connectivity index (χ1v) is 8.77. The zero-order chi connectivity index (χ0) is 15.5. The number of ether oxygens (including phenoxy) is 1. The molecule has 3 atom stereocenters. The van der Waals surface area contributed by atoms with E-state index in [1.807, 2.05) is 51.1 Å². The van der Waals surface area contributed by atoms with E-state index in [2.05, 4.69) is 4.72 Å². The Morgan fingerprint density at radius 3 is 2.38 bits per heavy atom. The Labute approximate surface area is 127 Å². The standard InChI is InChI=1S/C15H24N2O3S/c1-12(15-7-5-4-6-8-15)9-16-21(18,19)17-10-13(2)20-14(3)11-17/h4-8,12-14,16H,9-11H2,1-3H3. The van der Waals surface area contributed by atoms with Gasteiger partial charge in [0.25, 0.3) is 10.2 Å². The van der Waals surface area contributed by atoms with Crippen molar-refractivity contribution in [2.45, 2.75) is 38.9 Å². The normalized spacial score (nSPS) is 25.7. The Kier molecular flexibility index (Phi) is 5.37. The Hall–Kier alpha value is -0.950. The highest BCUT2D eigenvalue weighted by molar-refractivity contribution is 7.87. The number of rotatable bonds is 5. The molecule has 0 radical (unpaired) electrons. The van der Waals surface area contributed by atoms with Gasteiger partial charge >= 0.3 is 0 Å². The topological polar surface area (TPSA) is 58.6 Å². The van der Waals surface area contributed by atoms with Crippen molar-refractivity contribution in [3.8, 4) is 0 Å². The van der Waals surface area contributed by atoms with Crippen molar-refractivity contribution in [2.75, 3.05) is 19.6 Å². The lowest BCUT2D eigenvalue weighted by atomic mass is 10.0. The molecule has 1 saturated heterocycles. The number of nitrogens with one attached hydrogen (secondary N) is 1. The van der Waals surface area contributed by atoms with E-state index in [1.165, 1.54) is 4.31 Å². The maximum atomic E-state index is 12.4. The summed E-state index contributed by atoms with van der Waals surface area (Å²) in [4.78, 5) is 0. The van der Waals surface area contributed by atoms with Crippen LogP contribution in [0.4, 0.5) is 0 Å². The lowest BCUT2D eigenvalue weighted by Crippen LogP contribution is -2.52. The first kappa shape index (κ1) is 16.4. The maximum absolute atomic E-state index is 12.4. The molecule has 0 saturated carbocycles. The summed E-state index contributed by atoms with van der Waals surface area (Å²) in [7, 11) is -3.45. The highest BCUT2D eigenvalue weighted by Gasteiger charge is 2.30. The van der Waals surface area contributed by atoms with Gasteiger partial charge in [-0.2, -0.15) is 12.7 Å². The summed E-state index contributed by atoms with van der Waals surface area (Å²) < 4.78 is 34.5. The Balaban J connectivity index is 1.95. The summed E-state index contributed by atoms with van der Waals surface area (Å²) in [6.45, 7) is 7.00. The fourth-order valence-corrected chi connectivity index (χ4v) is 4.00. The fourth-order valence-electron chi connectivity index (χ4n) is 2.55. The van der Waals surface area contributed by atoms with Crippen LogP contribution in [0.25, 0.3) is 0 Å². The van der Waals surface area contributed by atoms with Gasteiger partial charge in [-0.1, -0.05) is 37.3 Å². The van der Waals surface area contributed by atoms with E-state index in [-0.39, 0.29) is 18.1 Å². The number of hydrogen-bond donors (Lipinski definition) is 1. The molecule has 0 spiro atoms. The first-order chi connectivity index (χ1) is 9.88. The second-order valence-electron chi connectivity index (χ2n) is 5.74. The quantitative estimate of drug-likeness (QED) is 0.901. The summed E-state index contributed by atoms with van der Waals surface area (Å²) in [6.07, 6.45) is -0.145. The van der Waals surface area contributed by atoms with Gasteiger partial charge in [-0.3, -0.25) is 0 Å².